The second kappa shape index (κ2) is 6.88. The van der Waals surface area contributed by atoms with Gasteiger partial charge in [-0.1, -0.05) is 29.5 Å². The molecule has 0 fully saturated rings. The van der Waals surface area contributed by atoms with Crippen LogP contribution in [0.15, 0.2) is 59.5 Å². The molecular weight excluding hydrogens is 364 g/mol. The van der Waals surface area contributed by atoms with Crippen LogP contribution in [0.2, 0.25) is 0 Å². The predicted octanol–water partition coefficient (Wildman–Crippen LogP) is 3.07. The van der Waals surface area contributed by atoms with Crippen molar-refractivity contribution < 1.29 is 8.78 Å². The van der Waals surface area contributed by atoms with E-state index in [2.05, 4.69) is 10.3 Å². The molecule has 0 unspecified atom stereocenters. The summed E-state index contributed by atoms with van der Waals surface area (Å²) in [6, 6.07) is 12.9. The monoisotopic (exact) mass is 381 g/mol. The minimum absolute atomic E-state index is 0.106. The molecule has 8 heteroatoms. The van der Waals surface area contributed by atoms with E-state index in [1.807, 2.05) is 37.3 Å². The van der Waals surface area contributed by atoms with Crippen molar-refractivity contribution in [2.24, 2.45) is 7.05 Å². The van der Waals surface area contributed by atoms with Gasteiger partial charge in [-0.05, 0) is 31.2 Å². The van der Waals surface area contributed by atoms with Crippen molar-refractivity contribution in [3.05, 3.63) is 88.0 Å². The maximum atomic E-state index is 13.9. The number of hydrogen-bond donors (Lipinski definition) is 0. The molecule has 0 aliphatic carbocycles. The van der Waals surface area contributed by atoms with Crippen molar-refractivity contribution in [1.82, 2.24) is 24.4 Å². The molecule has 6 nitrogen and oxygen atoms in total. The van der Waals surface area contributed by atoms with E-state index in [1.165, 1.54) is 29.1 Å². The summed E-state index contributed by atoms with van der Waals surface area (Å²) >= 11 is 0. The fourth-order valence-electron chi connectivity index (χ4n) is 3.20. The van der Waals surface area contributed by atoms with Crippen LogP contribution in [0.5, 0.6) is 0 Å². The number of rotatable bonds is 4. The summed E-state index contributed by atoms with van der Waals surface area (Å²) < 4.78 is 32.4. The van der Waals surface area contributed by atoms with Gasteiger partial charge in [-0.25, -0.2) is 18.1 Å². The Kier molecular flexibility index (Phi) is 4.38. The van der Waals surface area contributed by atoms with Gasteiger partial charge in [0.1, 0.15) is 17.3 Å². The molecule has 0 aliphatic heterocycles. The lowest BCUT2D eigenvalue weighted by atomic mass is 10.2. The van der Waals surface area contributed by atoms with Gasteiger partial charge in [0.25, 0.3) is 5.56 Å². The van der Waals surface area contributed by atoms with Gasteiger partial charge in [0.2, 0.25) is 0 Å². The summed E-state index contributed by atoms with van der Waals surface area (Å²) in [5.74, 6) is -1.31. The van der Waals surface area contributed by atoms with Crippen LogP contribution in [0.4, 0.5) is 8.78 Å². The van der Waals surface area contributed by atoms with Crippen LogP contribution in [0.1, 0.15) is 11.3 Å². The quantitative estimate of drug-likeness (QED) is 0.546. The number of halogens is 2. The van der Waals surface area contributed by atoms with Gasteiger partial charge < -0.3 is 0 Å². The second-order valence-corrected chi connectivity index (χ2v) is 6.44. The molecule has 0 spiro atoms. The summed E-state index contributed by atoms with van der Waals surface area (Å²) in [7, 11) is 1.78. The Morgan fingerprint density at radius 3 is 2.36 bits per heavy atom. The van der Waals surface area contributed by atoms with E-state index in [0.717, 1.165) is 5.69 Å². The first kappa shape index (κ1) is 17.8. The van der Waals surface area contributed by atoms with Gasteiger partial charge in [-0.15, -0.1) is 5.10 Å². The van der Waals surface area contributed by atoms with Crippen molar-refractivity contribution in [2.45, 2.75) is 13.5 Å². The Morgan fingerprint density at radius 1 is 1.00 bits per heavy atom. The third kappa shape index (κ3) is 2.92. The first-order valence-electron chi connectivity index (χ1n) is 8.65. The molecule has 0 saturated carbocycles. The highest BCUT2D eigenvalue weighted by atomic mass is 19.1. The Balaban J connectivity index is 1.75. The molecule has 0 amide bonds. The van der Waals surface area contributed by atoms with E-state index in [9.17, 15) is 13.6 Å². The smallest absolute Gasteiger partial charge is 0.281 e. The summed E-state index contributed by atoms with van der Waals surface area (Å²) in [5.41, 5.74) is 1.83. The lowest BCUT2D eigenvalue weighted by molar-refractivity contribution is 0.528. The van der Waals surface area contributed by atoms with Gasteiger partial charge in [0, 0.05) is 18.3 Å². The largest absolute Gasteiger partial charge is 0.285 e. The Labute approximate surface area is 159 Å². The van der Waals surface area contributed by atoms with Crippen LogP contribution in [-0.4, -0.2) is 24.4 Å². The van der Waals surface area contributed by atoms with Crippen molar-refractivity contribution in [2.75, 3.05) is 0 Å². The molecule has 0 atom stereocenters. The molecule has 2 aromatic heterocycles. The van der Waals surface area contributed by atoms with Gasteiger partial charge in [-0.3, -0.25) is 9.48 Å². The van der Waals surface area contributed by atoms with E-state index < -0.39 is 11.6 Å². The van der Waals surface area contributed by atoms with Crippen LogP contribution in [-0.2, 0) is 13.6 Å². The third-order valence-electron chi connectivity index (χ3n) is 4.73. The molecule has 2 aromatic carbocycles. The van der Waals surface area contributed by atoms with Crippen LogP contribution in [0.3, 0.4) is 0 Å². The second-order valence-electron chi connectivity index (χ2n) is 6.44. The van der Waals surface area contributed by atoms with Crippen LogP contribution < -0.4 is 5.56 Å². The Bertz CT molecular complexity index is 1190. The zero-order valence-corrected chi connectivity index (χ0v) is 15.3. The van der Waals surface area contributed by atoms with Gasteiger partial charge in [-0.2, -0.15) is 0 Å². The maximum absolute atomic E-state index is 13.9. The Morgan fingerprint density at radius 2 is 1.68 bits per heavy atom. The molecule has 0 N–H and O–H groups in total. The summed E-state index contributed by atoms with van der Waals surface area (Å²) in [6.07, 6.45) is 1.52. The van der Waals surface area contributed by atoms with Gasteiger partial charge in [0.15, 0.2) is 0 Å². The summed E-state index contributed by atoms with van der Waals surface area (Å²) in [4.78, 5) is 13.0. The molecular formula is C20H17F2N5O. The molecule has 2 heterocycles. The molecule has 28 heavy (non-hydrogen) atoms. The molecule has 0 bridgehead atoms. The number of nitrogens with zero attached hydrogens (tertiary/aromatic N) is 5. The van der Waals surface area contributed by atoms with E-state index in [0.29, 0.717) is 17.0 Å². The van der Waals surface area contributed by atoms with Crippen LogP contribution >= 0.6 is 0 Å². The fraction of sp³-hybridized carbons (Fsp3) is 0.150. The SMILES string of the molecule is Cc1c(-c2cn(Cc3c(F)cccc3F)nn2)c(=O)n(-c2ccccc2)n1C. The lowest BCUT2D eigenvalue weighted by Gasteiger charge is -2.07. The zero-order chi connectivity index (χ0) is 19.8. The molecule has 0 radical (unpaired) electrons. The summed E-state index contributed by atoms with van der Waals surface area (Å²) in [5, 5.41) is 7.99. The minimum Gasteiger partial charge on any atom is -0.285 e. The normalized spacial score (nSPS) is 11.1. The first-order chi connectivity index (χ1) is 13.5. The van der Waals surface area contributed by atoms with Crippen molar-refractivity contribution in [3.8, 4) is 16.9 Å². The van der Waals surface area contributed by atoms with Crippen molar-refractivity contribution in [3.63, 3.8) is 0 Å². The molecule has 4 rings (SSSR count). The molecule has 4 aromatic rings. The van der Waals surface area contributed by atoms with Gasteiger partial charge in [0.05, 0.1) is 24.0 Å². The highest BCUT2D eigenvalue weighted by Gasteiger charge is 2.20. The Hall–Kier alpha value is -3.55. The lowest BCUT2D eigenvalue weighted by Crippen LogP contribution is -2.20. The fourth-order valence-corrected chi connectivity index (χ4v) is 3.20. The minimum atomic E-state index is -0.653. The van der Waals surface area contributed by atoms with Gasteiger partial charge >= 0.3 is 0 Å². The van der Waals surface area contributed by atoms with Crippen molar-refractivity contribution >= 4 is 0 Å². The van der Waals surface area contributed by atoms with Crippen LogP contribution in [0, 0.1) is 18.6 Å². The van der Waals surface area contributed by atoms with Crippen molar-refractivity contribution in [1.29, 1.82) is 0 Å². The standard InChI is InChI=1S/C20H17F2N5O/c1-13-19(20(28)27(25(13)2)14-7-4-3-5-8-14)18-12-26(24-23-18)11-15-16(21)9-6-10-17(15)22/h3-10,12H,11H2,1-2H3. The van der Waals surface area contributed by atoms with E-state index in [4.69, 9.17) is 0 Å². The predicted molar refractivity (Wildman–Crippen MR) is 100 cm³/mol. The van der Waals surface area contributed by atoms with E-state index in [1.54, 1.807) is 16.4 Å². The van der Waals surface area contributed by atoms with E-state index in [-0.39, 0.29) is 17.7 Å². The topological polar surface area (TPSA) is 57.6 Å². The highest BCUT2D eigenvalue weighted by Crippen LogP contribution is 2.20. The highest BCUT2D eigenvalue weighted by molar-refractivity contribution is 5.60. The molecule has 142 valence electrons. The molecule has 0 saturated heterocycles. The number of benzene rings is 2. The third-order valence-corrected chi connectivity index (χ3v) is 4.73. The number of para-hydroxylation sites is 1. The summed E-state index contributed by atoms with van der Waals surface area (Å²) in [6.45, 7) is 1.69. The van der Waals surface area contributed by atoms with Crippen LogP contribution in [0.25, 0.3) is 16.9 Å². The number of hydrogen-bond acceptors (Lipinski definition) is 3. The maximum Gasteiger partial charge on any atom is 0.281 e. The average molecular weight is 381 g/mol. The average Bonchev–Trinajstić information content (AvgIpc) is 3.22. The first-order valence-corrected chi connectivity index (χ1v) is 8.65. The number of aromatic nitrogens is 5. The molecule has 0 aliphatic rings. The zero-order valence-electron chi connectivity index (χ0n) is 15.3. The van der Waals surface area contributed by atoms with E-state index >= 15 is 0 Å².